The fourth-order valence-electron chi connectivity index (χ4n) is 3.33. The molecule has 0 aromatic heterocycles. The van der Waals surface area contributed by atoms with E-state index in [1.807, 2.05) is 12.1 Å². The molecule has 1 atom stereocenters. The molecule has 0 saturated carbocycles. The van der Waals surface area contributed by atoms with Gasteiger partial charge in [0.2, 0.25) is 0 Å². The van der Waals surface area contributed by atoms with Gasteiger partial charge in [0, 0.05) is 0 Å². The predicted molar refractivity (Wildman–Crippen MR) is 107 cm³/mol. The average Bonchev–Trinajstić information content (AvgIpc) is 2.58. The van der Waals surface area contributed by atoms with Gasteiger partial charge >= 0.3 is 0 Å². The summed E-state index contributed by atoms with van der Waals surface area (Å²) in [5.41, 5.74) is 1.27. The summed E-state index contributed by atoms with van der Waals surface area (Å²) in [5, 5.41) is 9.44. The third kappa shape index (κ3) is 11.5. The first-order valence-corrected chi connectivity index (χ1v) is 10.5. The number of aryl methyl sites for hydroxylation is 1. The molecule has 0 radical (unpaired) electrons. The van der Waals surface area contributed by atoms with Crippen molar-refractivity contribution in [3.05, 3.63) is 29.8 Å². The lowest BCUT2D eigenvalue weighted by molar-refractivity contribution is 0.468. The minimum Gasteiger partial charge on any atom is -0.508 e. The van der Waals surface area contributed by atoms with Crippen LogP contribution in [-0.2, 0) is 6.42 Å². The summed E-state index contributed by atoms with van der Waals surface area (Å²) in [6, 6.07) is 7.69. The second-order valence-electron chi connectivity index (χ2n) is 7.61. The Morgan fingerprint density at radius 1 is 0.792 bits per heavy atom. The van der Waals surface area contributed by atoms with Crippen molar-refractivity contribution in [1.29, 1.82) is 0 Å². The standard InChI is InChI=1S/C23H40O/c1-3-21(2)16-13-11-9-7-5-4-6-8-10-12-14-17-22-18-15-19-23(24)20-22/h15,18-21,24H,3-14,16-17H2,1-2H3. The molecule has 1 aromatic rings. The summed E-state index contributed by atoms with van der Waals surface area (Å²) >= 11 is 0. The van der Waals surface area contributed by atoms with Crippen molar-refractivity contribution in [3.63, 3.8) is 0 Å². The highest BCUT2D eigenvalue weighted by Crippen LogP contribution is 2.16. The zero-order chi connectivity index (χ0) is 17.5. The molecule has 1 unspecified atom stereocenters. The number of hydrogen-bond acceptors (Lipinski definition) is 1. The highest BCUT2D eigenvalue weighted by molar-refractivity contribution is 5.27. The van der Waals surface area contributed by atoms with Crippen molar-refractivity contribution in [2.75, 3.05) is 0 Å². The third-order valence-electron chi connectivity index (χ3n) is 5.27. The van der Waals surface area contributed by atoms with Gasteiger partial charge in [0.05, 0.1) is 0 Å². The van der Waals surface area contributed by atoms with Crippen LogP contribution in [0, 0.1) is 5.92 Å². The van der Waals surface area contributed by atoms with Gasteiger partial charge in [0.1, 0.15) is 5.75 Å². The molecule has 138 valence electrons. The Kier molecular flexibility index (Phi) is 12.6. The van der Waals surface area contributed by atoms with Crippen LogP contribution < -0.4 is 0 Å². The first-order chi connectivity index (χ1) is 11.7. The summed E-state index contributed by atoms with van der Waals surface area (Å²) in [4.78, 5) is 0. The van der Waals surface area contributed by atoms with Gasteiger partial charge in [-0.2, -0.15) is 0 Å². The van der Waals surface area contributed by atoms with Crippen LogP contribution in [0.15, 0.2) is 24.3 Å². The summed E-state index contributed by atoms with van der Waals surface area (Å²) in [7, 11) is 0. The lowest BCUT2D eigenvalue weighted by Crippen LogP contribution is -1.91. The minimum atomic E-state index is 0.396. The molecule has 0 spiro atoms. The number of rotatable bonds is 15. The van der Waals surface area contributed by atoms with Crippen LogP contribution in [0.2, 0.25) is 0 Å². The first kappa shape index (κ1) is 21.1. The summed E-state index contributed by atoms with van der Waals surface area (Å²) < 4.78 is 0. The van der Waals surface area contributed by atoms with Gasteiger partial charge < -0.3 is 5.11 Å². The highest BCUT2D eigenvalue weighted by atomic mass is 16.3. The first-order valence-electron chi connectivity index (χ1n) is 10.5. The second-order valence-corrected chi connectivity index (χ2v) is 7.61. The van der Waals surface area contributed by atoms with Crippen LogP contribution in [0.1, 0.15) is 103 Å². The molecule has 1 N–H and O–H groups in total. The summed E-state index contributed by atoms with van der Waals surface area (Å²) in [6.45, 7) is 4.68. The van der Waals surface area contributed by atoms with Crippen LogP contribution in [0.4, 0.5) is 0 Å². The molecule has 1 heteroatoms. The lowest BCUT2D eigenvalue weighted by Gasteiger charge is -2.07. The number of aromatic hydroxyl groups is 1. The van der Waals surface area contributed by atoms with Crippen molar-refractivity contribution < 1.29 is 5.11 Å². The number of unbranched alkanes of at least 4 members (excludes halogenated alkanes) is 10. The van der Waals surface area contributed by atoms with Crippen molar-refractivity contribution in [2.45, 2.75) is 104 Å². The normalized spacial score (nSPS) is 12.4. The van der Waals surface area contributed by atoms with Gasteiger partial charge in [0.25, 0.3) is 0 Å². The van der Waals surface area contributed by atoms with Crippen molar-refractivity contribution in [2.24, 2.45) is 5.92 Å². The number of phenols is 1. The minimum absolute atomic E-state index is 0.396. The van der Waals surface area contributed by atoms with Crippen molar-refractivity contribution in [1.82, 2.24) is 0 Å². The van der Waals surface area contributed by atoms with Crippen LogP contribution in [0.25, 0.3) is 0 Å². The molecule has 0 aliphatic carbocycles. The molecule has 0 amide bonds. The van der Waals surface area contributed by atoms with E-state index in [-0.39, 0.29) is 0 Å². The number of benzene rings is 1. The maximum absolute atomic E-state index is 9.44. The van der Waals surface area contributed by atoms with Gasteiger partial charge in [-0.3, -0.25) is 0 Å². The maximum atomic E-state index is 9.44. The summed E-state index contributed by atoms with van der Waals surface area (Å²) in [6.07, 6.45) is 19.3. The zero-order valence-corrected chi connectivity index (χ0v) is 16.2. The van der Waals surface area contributed by atoms with Gasteiger partial charge in [-0.1, -0.05) is 103 Å². The quantitative estimate of drug-likeness (QED) is 0.327. The molecule has 24 heavy (non-hydrogen) atoms. The molecule has 1 rings (SSSR count). The predicted octanol–water partition coefficient (Wildman–Crippen LogP) is 7.66. The van der Waals surface area contributed by atoms with E-state index < -0.39 is 0 Å². The van der Waals surface area contributed by atoms with Gasteiger partial charge in [0.15, 0.2) is 0 Å². The highest BCUT2D eigenvalue weighted by Gasteiger charge is 1.99. The molecule has 1 aromatic carbocycles. The van der Waals surface area contributed by atoms with E-state index in [4.69, 9.17) is 0 Å². The van der Waals surface area contributed by atoms with E-state index in [0.29, 0.717) is 5.75 Å². The molecule has 0 aliphatic rings. The molecule has 0 heterocycles. The molecule has 0 aliphatic heterocycles. The fourth-order valence-corrected chi connectivity index (χ4v) is 3.33. The Morgan fingerprint density at radius 2 is 1.33 bits per heavy atom. The molecule has 0 fully saturated rings. The molecule has 0 bridgehead atoms. The lowest BCUT2D eigenvalue weighted by atomic mass is 9.99. The van der Waals surface area contributed by atoms with E-state index in [9.17, 15) is 5.11 Å². The Hall–Kier alpha value is -0.980. The van der Waals surface area contributed by atoms with E-state index in [1.165, 1.54) is 89.0 Å². The Morgan fingerprint density at radius 3 is 1.88 bits per heavy atom. The van der Waals surface area contributed by atoms with Crippen molar-refractivity contribution >= 4 is 0 Å². The molecular formula is C23H40O. The van der Waals surface area contributed by atoms with E-state index in [1.54, 1.807) is 6.07 Å². The van der Waals surface area contributed by atoms with E-state index in [2.05, 4.69) is 19.9 Å². The monoisotopic (exact) mass is 332 g/mol. The van der Waals surface area contributed by atoms with Gasteiger partial charge in [-0.05, 0) is 36.5 Å². The topological polar surface area (TPSA) is 20.2 Å². The van der Waals surface area contributed by atoms with E-state index >= 15 is 0 Å². The Bertz CT molecular complexity index is 399. The molecule has 1 nitrogen and oxygen atoms in total. The van der Waals surface area contributed by atoms with Crippen LogP contribution >= 0.6 is 0 Å². The maximum Gasteiger partial charge on any atom is 0.115 e. The van der Waals surface area contributed by atoms with E-state index in [0.717, 1.165) is 12.3 Å². The Labute approximate surface area is 150 Å². The zero-order valence-electron chi connectivity index (χ0n) is 16.2. The van der Waals surface area contributed by atoms with Gasteiger partial charge in [-0.25, -0.2) is 0 Å². The smallest absolute Gasteiger partial charge is 0.115 e. The number of hydrogen-bond donors (Lipinski definition) is 1. The SMILES string of the molecule is CCC(C)CCCCCCCCCCCCCc1cccc(O)c1. The third-order valence-corrected chi connectivity index (χ3v) is 5.27. The van der Waals surface area contributed by atoms with Crippen LogP contribution in [-0.4, -0.2) is 5.11 Å². The average molecular weight is 333 g/mol. The Balaban J connectivity index is 1.79. The van der Waals surface area contributed by atoms with Gasteiger partial charge in [-0.15, -0.1) is 0 Å². The summed E-state index contributed by atoms with van der Waals surface area (Å²) in [5.74, 6) is 1.32. The van der Waals surface area contributed by atoms with Crippen molar-refractivity contribution in [3.8, 4) is 5.75 Å². The van der Waals surface area contributed by atoms with Crippen LogP contribution in [0.3, 0.4) is 0 Å². The molecule has 0 saturated heterocycles. The van der Waals surface area contributed by atoms with Crippen LogP contribution in [0.5, 0.6) is 5.75 Å². The number of phenolic OH excluding ortho intramolecular Hbond substituents is 1. The second kappa shape index (κ2) is 14.4. The fraction of sp³-hybridized carbons (Fsp3) is 0.739. The molecular weight excluding hydrogens is 292 g/mol. The largest absolute Gasteiger partial charge is 0.508 e.